The molecule has 1 heterocycles. The van der Waals surface area contributed by atoms with E-state index in [-0.39, 0.29) is 12.3 Å². The molecular formula is C8H11FN2O2. The number of aliphatic hydroxyl groups excluding tert-OH is 1. The normalized spacial score (nSPS) is 12.6. The number of methoxy groups -OCH3 is 1. The van der Waals surface area contributed by atoms with Crippen LogP contribution < -0.4 is 10.5 Å². The van der Waals surface area contributed by atoms with Crippen LogP contribution in [-0.2, 0) is 6.42 Å². The van der Waals surface area contributed by atoms with Crippen molar-refractivity contribution < 1.29 is 14.2 Å². The minimum absolute atomic E-state index is 0.119. The molecule has 72 valence electrons. The predicted octanol–water partition coefficient (Wildman–Crippen LogP) is 0.0489. The van der Waals surface area contributed by atoms with E-state index in [9.17, 15) is 4.39 Å². The highest BCUT2D eigenvalue weighted by Crippen LogP contribution is 2.16. The Morgan fingerprint density at radius 3 is 3.00 bits per heavy atom. The van der Waals surface area contributed by atoms with Gasteiger partial charge in [0.15, 0.2) is 0 Å². The highest BCUT2D eigenvalue weighted by atomic mass is 19.1. The Labute approximate surface area is 75.2 Å². The van der Waals surface area contributed by atoms with Crippen LogP contribution in [0, 0.1) is 5.82 Å². The summed E-state index contributed by atoms with van der Waals surface area (Å²) in [5, 5.41) is 8.89. The summed E-state index contributed by atoms with van der Waals surface area (Å²) in [7, 11) is 1.42. The van der Waals surface area contributed by atoms with Crippen LogP contribution in [-0.4, -0.2) is 23.4 Å². The van der Waals surface area contributed by atoms with Crippen molar-refractivity contribution in [3.8, 4) is 5.88 Å². The highest BCUT2D eigenvalue weighted by Gasteiger charge is 2.08. The zero-order valence-electron chi connectivity index (χ0n) is 7.20. The van der Waals surface area contributed by atoms with Gasteiger partial charge in [-0.3, -0.25) is 0 Å². The Hall–Kier alpha value is -1.20. The van der Waals surface area contributed by atoms with Gasteiger partial charge in [-0.2, -0.15) is 0 Å². The molecule has 0 saturated heterocycles. The van der Waals surface area contributed by atoms with E-state index in [1.807, 2.05) is 0 Å². The van der Waals surface area contributed by atoms with E-state index in [1.54, 1.807) is 0 Å². The molecule has 1 atom stereocenters. The molecule has 4 nitrogen and oxygen atoms in total. The van der Waals surface area contributed by atoms with Gasteiger partial charge in [0.25, 0.3) is 0 Å². The number of nitrogens with zero attached hydrogens (tertiary/aromatic N) is 1. The standard InChI is InChI=1S/C8H11FN2O2/c1-13-8-5(3-7(10)12)2-6(9)4-11-8/h2,4,7,12H,3,10H2,1H3. The van der Waals surface area contributed by atoms with Crippen LogP contribution in [0.1, 0.15) is 5.56 Å². The van der Waals surface area contributed by atoms with Gasteiger partial charge in [-0.1, -0.05) is 0 Å². The molecule has 1 unspecified atom stereocenters. The maximum Gasteiger partial charge on any atom is 0.216 e. The van der Waals surface area contributed by atoms with Gasteiger partial charge < -0.3 is 15.6 Å². The van der Waals surface area contributed by atoms with Crippen molar-refractivity contribution in [3.05, 3.63) is 23.6 Å². The molecule has 0 aromatic carbocycles. The van der Waals surface area contributed by atoms with Crippen LogP contribution in [0.5, 0.6) is 5.88 Å². The van der Waals surface area contributed by atoms with E-state index in [1.165, 1.54) is 13.2 Å². The second-order valence-electron chi connectivity index (χ2n) is 2.59. The van der Waals surface area contributed by atoms with Crippen molar-refractivity contribution in [2.45, 2.75) is 12.6 Å². The molecule has 0 aliphatic rings. The smallest absolute Gasteiger partial charge is 0.216 e. The zero-order valence-corrected chi connectivity index (χ0v) is 7.20. The monoisotopic (exact) mass is 186 g/mol. The number of rotatable bonds is 3. The lowest BCUT2D eigenvalue weighted by atomic mass is 10.2. The summed E-state index contributed by atoms with van der Waals surface area (Å²) < 4.78 is 17.6. The Morgan fingerprint density at radius 2 is 2.46 bits per heavy atom. The largest absolute Gasteiger partial charge is 0.481 e. The molecule has 0 aliphatic heterocycles. The number of hydrogen-bond acceptors (Lipinski definition) is 4. The van der Waals surface area contributed by atoms with E-state index in [0.29, 0.717) is 5.56 Å². The lowest BCUT2D eigenvalue weighted by Gasteiger charge is -2.08. The third-order valence-corrected chi connectivity index (χ3v) is 1.51. The van der Waals surface area contributed by atoms with Crippen LogP contribution in [0.2, 0.25) is 0 Å². The SMILES string of the molecule is COc1ncc(F)cc1CC(N)O. The number of pyridine rings is 1. The lowest BCUT2D eigenvalue weighted by Crippen LogP contribution is -2.22. The van der Waals surface area contributed by atoms with Gasteiger partial charge in [0.1, 0.15) is 12.0 Å². The van der Waals surface area contributed by atoms with Gasteiger partial charge in [0.05, 0.1) is 13.3 Å². The van der Waals surface area contributed by atoms with E-state index in [0.717, 1.165) is 6.20 Å². The Balaban J connectivity index is 2.94. The first-order valence-electron chi connectivity index (χ1n) is 3.75. The van der Waals surface area contributed by atoms with E-state index < -0.39 is 12.0 Å². The summed E-state index contributed by atoms with van der Waals surface area (Å²) >= 11 is 0. The van der Waals surface area contributed by atoms with E-state index in [4.69, 9.17) is 15.6 Å². The minimum atomic E-state index is -1.03. The number of halogens is 1. The summed E-state index contributed by atoms with van der Waals surface area (Å²) in [6.07, 6.45) is 0.136. The molecule has 1 aromatic heterocycles. The fourth-order valence-corrected chi connectivity index (χ4v) is 1.02. The van der Waals surface area contributed by atoms with E-state index in [2.05, 4.69) is 4.98 Å². The molecule has 3 N–H and O–H groups in total. The number of ether oxygens (including phenoxy) is 1. The summed E-state index contributed by atoms with van der Waals surface area (Å²) in [5.74, 6) is -0.192. The van der Waals surface area contributed by atoms with Crippen LogP contribution >= 0.6 is 0 Å². The molecule has 0 saturated carbocycles. The quantitative estimate of drug-likeness (QED) is 0.654. The van der Waals surface area contributed by atoms with Crippen molar-refractivity contribution in [1.82, 2.24) is 4.98 Å². The van der Waals surface area contributed by atoms with Crippen molar-refractivity contribution in [2.24, 2.45) is 5.73 Å². The number of hydrogen-bond donors (Lipinski definition) is 2. The fourth-order valence-electron chi connectivity index (χ4n) is 1.02. The average molecular weight is 186 g/mol. The third kappa shape index (κ3) is 2.64. The van der Waals surface area contributed by atoms with Crippen LogP contribution in [0.15, 0.2) is 12.3 Å². The Kier molecular flexibility index (Phi) is 3.16. The maximum atomic E-state index is 12.7. The van der Waals surface area contributed by atoms with Crippen LogP contribution in [0.4, 0.5) is 4.39 Å². The number of aliphatic hydroxyl groups is 1. The molecule has 13 heavy (non-hydrogen) atoms. The van der Waals surface area contributed by atoms with Crippen molar-refractivity contribution in [3.63, 3.8) is 0 Å². The highest BCUT2D eigenvalue weighted by molar-refractivity contribution is 5.26. The minimum Gasteiger partial charge on any atom is -0.481 e. The molecule has 0 spiro atoms. The third-order valence-electron chi connectivity index (χ3n) is 1.51. The first-order chi connectivity index (χ1) is 6.13. The molecule has 0 aliphatic carbocycles. The first-order valence-corrected chi connectivity index (χ1v) is 3.75. The predicted molar refractivity (Wildman–Crippen MR) is 44.6 cm³/mol. The molecule has 5 heteroatoms. The summed E-state index contributed by atoms with van der Waals surface area (Å²) in [5.41, 5.74) is 5.60. The van der Waals surface area contributed by atoms with Crippen molar-refractivity contribution in [1.29, 1.82) is 0 Å². The topological polar surface area (TPSA) is 68.4 Å². The van der Waals surface area contributed by atoms with Gasteiger partial charge in [0.2, 0.25) is 5.88 Å². The fraction of sp³-hybridized carbons (Fsp3) is 0.375. The molecule has 0 bridgehead atoms. The average Bonchev–Trinajstić information content (AvgIpc) is 2.03. The number of nitrogens with two attached hydrogens (primary N) is 1. The summed E-state index contributed by atoms with van der Waals surface area (Å²) in [6.45, 7) is 0. The van der Waals surface area contributed by atoms with Gasteiger partial charge in [-0.05, 0) is 6.07 Å². The molecule has 0 amide bonds. The zero-order chi connectivity index (χ0) is 9.84. The lowest BCUT2D eigenvalue weighted by molar-refractivity contribution is 0.181. The molecule has 1 rings (SSSR count). The van der Waals surface area contributed by atoms with Gasteiger partial charge in [-0.15, -0.1) is 0 Å². The number of aromatic nitrogens is 1. The second kappa shape index (κ2) is 4.15. The van der Waals surface area contributed by atoms with Gasteiger partial charge >= 0.3 is 0 Å². The van der Waals surface area contributed by atoms with Gasteiger partial charge in [0, 0.05) is 12.0 Å². The molecule has 0 radical (unpaired) electrons. The maximum absolute atomic E-state index is 12.7. The molecular weight excluding hydrogens is 175 g/mol. The second-order valence-corrected chi connectivity index (χ2v) is 2.59. The Morgan fingerprint density at radius 1 is 1.77 bits per heavy atom. The van der Waals surface area contributed by atoms with E-state index >= 15 is 0 Å². The first kappa shape index (κ1) is 9.88. The van der Waals surface area contributed by atoms with Crippen LogP contribution in [0.3, 0.4) is 0 Å². The van der Waals surface area contributed by atoms with Crippen LogP contribution in [0.25, 0.3) is 0 Å². The van der Waals surface area contributed by atoms with Crippen molar-refractivity contribution in [2.75, 3.05) is 7.11 Å². The summed E-state index contributed by atoms with van der Waals surface area (Å²) in [6, 6.07) is 1.24. The molecule has 0 fully saturated rings. The molecule has 1 aromatic rings. The summed E-state index contributed by atoms with van der Waals surface area (Å²) in [4.78, 5) is 3.69. The van der Waals surface area contributed by atoms with Crippen molar-refractivity contribution >= 4 is 0 Å². The Bertz CT molecular complexity index is 291. The van der Waals surface area contributed by atoms with Gasteiger partial charge in [-0.25, -0.2) is 9.37 Å².